The largest absolute Gasteiger partial charge is 0.321 e. The molecule has 0 aliphatic rings. The predicted molar refractivity (Wildman–Crippen MR) is 72.9 cm³/mol. The van der Waals surface area contributed by atoms with Crippen molar-refractivity contribution in [2.45, 2.75) is 20.8 Å². The molecule has 0 aliphatic heterocycles. The zero-order valence-corrected chi connectivity index (χ0v) is 11.0. The van der Waals surface area contributed by atoms with Gasteiger partial charge in [0.25, 0.3) is 5.91 Å². The number of benzene rings is 1. The van der Waals surface area contributed by atoms with E-state index in [1.165, 1.54) is 27.3 Å². The summed E-state index contributed by atoms with van der Waals surface area (Å²) in [5.74, 6) is -0.0324. The van der Waals surface area contributed by atoms with Gasteiger partial charge < -0.3 is 5.32 Å². The lowest BCUT2D eigenvalue weighted by atomic mass is 10.2. The van der Waals surface area contributed by atoms with E-state index in [0.717, 1.165) is 10.6 Å². The van der Waals surface area contributed by atoms with E-state index in [-0.39, 0.29) is 5.91 Å². The van der Waals surface area contributed by atoms with Crippen LogP contribution in [-0.2, 0) is 0 Å². The van der Waals surface area contributed by atoms with E-state index >= 15 is 0 Å². The van der Waals surface area contributed by atoms with Crippen molar-refractivity contribution in [3.8, 4) is 0 Å². The van der Waals surface area contributed by atoms with Gasteiger partial charge in [-0.2, -0.15) is 0 Å². The molecule has 1 N–H and O–H groups in total. The molecule has 1 aromatic carbocycles. The van der Waals surface area contributed by atoms with Crippen molar-refractivity contribution in [2.75, 3.05) is 5.32 Å². The first-order chi connectivity index (χ1) is 8.06. The summed E-state index contributed by atoms with van der Waals surface area (Å²) >= 11 is 1.53. The van der Waals surface area contributed by atoms with Gasteiger partial charge in [-0.25, -0.2) is 0 Å². The van der Waals surface area contributed by atoms with Gasteiger partial charge >= 0.3 is 0 Å². The van der Waals surface area contributed by atoms with Gasteiger partial charge in [0.05, 0.1) is 4.88 Å². The third kappa shape index (κ3) is 2.74. The number of nitrogens with one attached hydrogen (secondary N) is 1. The average molecular weight is 245 g/mol. The Kier molecular flexibility index (Phi) is 3.29. The summed E-state index contributed by atoms with van der Waals surface area (Å²) in [6.45, 7) is 6.08. The van der Waals surface area contributed by atoms with E-state index in [4.69, 9.17) is 0 Å². The second-order valence-electron chi connectivity index (χ2n) is 4.17. The lowest BCUT2D eigenvalue weighted by Gasteiger charge is -2.03. The molecule has 2 rings (SSSR count). The summed E-state index contributed by atoms with van der Waals surface area (Å²) in [5, 5.41) is 2.90. The Bertz CT molecular complexity index is 520. The molecule has 0 saturated heterocycles. The molecule has 0 unspecified atom stereocenters. The van der Waals surface area contributed by atoms with Crippen LogP contribution in [0.25, 0.3) is 0 Å². The highest BCUT2D eigenvalue weighted by atomic mass is 32.1. The van der Waals surface area contributed by atoms with Crippen LogP contribution in [0.5, 0.6) is 0 Å². The molecular formula is C14H15NOS. The molecule has 0 fully saturated rings. The minimum Gasteiger partial charge on any atom is -0.321 e. The summed E-state index contributed by atoms with van der Waals surface area (Å²) in [4.78, 5) is 13.9. The van der Waals surface area contributed by atoms with E-state index in [9.17, 15) is 4.79 Å². The molecule has 2 aromatic rings. The Hall–Kier alpha value is -1.61. The number of hydrogen-bond acceptors (Lipinski definition) is 2. The number of aryl methyl sites for hydroxylation is 3. The van der Waals surface area contributed by atoms with Crippen molar-refractivity contribution >= 4 is 22.9 Å². The second-order valence-corrected chi connectivity index (χ2v) is 5.43. The third-order valence-corrected chi connectivity index (χ3v) is 3.85. The molecule has 17 heavy (non-hydrogen) atoms. The highest BCUT2D eigenvalue weighted by Gasteiger charge is 2.10. The molecule has 88 valence electrons. The first kappa shape index (κ1) is 11.9. The number of rotatable bonds is 2. The number of thiophene rings is 1. The fourth-order valence-corrected chi connectivity index (χ4v) is 2.44. The highest BCUT2D eigenvalue weighted by Crippen LogP contribution is 2.21. The van der Waals surface area contributed by atoms with Gasteiger partial charge in [-0.15, -0.1) is 11.3 Å². The minimum absolute atomic E-state index is 0.0324. The van der Waals surface area contributed by atoms with Crippen molar-refractivity contribution in [3.05, 3.63) is 51.2 Å². The van der Waals surface area contributed by atoms with Crippen molar-refractivity contribution in [2.24, 2.45) is 0 Å². The summed E-state index contributed by atoms with van der Waals surface area (Å²) < 4.78 is 0. The summed E-state index contributed by atoms with van der Waals surface area (Å²) in [7, 11) is 0. The van der Waals surface area contributed by atoms with Crippen LogP contribution in [0.3, 0.4) is 0 Å². The van der Waals surface area contributed by atoms with Gasteiger partial charge in [0.2, 0.25) is 0 Å². The van der Waals surface area contributed by atoms with Gasteiger partial charge in [-0.3, -0.25) is 4.79 Å². The van der Waals surface area contributed by atoms with E-state index in [2.05, 4.69) is 5.32 Å². The lowest BCUT2D eigenvalue weighted by Crippen LogP contribution is -2.09. The first-order valence-corrected chi connectivity index (χ1v) is 6.33. The molecule has 2 nitrogen and oxygen atoms in total. The smallest absolute Gasteiger partial charge is 0.265 e. The van der Waals surface area contributed by atoms with Crippen molar-refractivity contribution in [1.29, 1.82) is 0 Å². The number of amides is 1. The van der Waals surface area contributed by atoms with Crippen molar-refractivity contribution in [1.82, 2.24) is 0 Å². The van der Waals surface area contributed by atoms with E-state index in [1.54, 1.807) is 0 Å². The number of carbonyl (C=O) groups is 1. The number of hydrogen-bond donors (Lipinski definition) is 1. The quantitative estimate of drug-likeness (QED) is 0.853. The maximum absolute atomic E-state index is 12.0. The molecule has 0 radical (unpaired) electrons. The molecule has 0 atom stereocenters. The number of carbonyl (C=O) groups excluding carboxylic acids is 1. The Morgan fingerprint density at radius 3 is 2.29 bits per heavy atom. The monoisotopic (exact) mass is 245 g/mol. The summed E-state index contributed by atoms with van der Waals surface area (Å²) in [6.07, 6.45) is 0. The minimum atomic E-state index is -0.0324. The maximum atomic E-state index is 12.0. The Morgan fingerprint density at radius 1 is 1.12 bits per heavy atom. The fraction of sp³-hybridized carbons (Fsp3) is 0.214. The topological polar surface area (TPSA) is 29.1 Å². The molecule has 0 bridgehead atoms. The molecule has 1 heterocycles. The molecular weight excluding hydrogens is 230 g/mol. The van der Waals surface area contributed by atoms with Gasteiger partial charge in [0.1, 0.15) is 0 Å². The van der Waals surface area contributed by atoms with Crippen LogP contribution in [0, 0.1) is 20.8 Å². The zero-order valence-electron chi connectivity index (χ0n) is 10.2. The van der Waals surface area contributed by atoms with Crippen molar-refractivity contribution in [3.63, 3.8) is 0 Å². The maximum Gasteiger partial charge on any atom is 0.265 e. The van der Waals surface area contributed by atoms with E-state index in [0.29, 0.717) is 0 Å². The molecule has 0 aliphatic carbocycles. The molecule has 0 saturated carbocycles. The number of anilines is 1. The van der Waals surface area contributed by atoms with Crippen LogP contribution in [0.1, 0.15) is 25.7 Å². The van der Waals surface area contributed by atoms with Crippen LogP contribution in [0.2, 0.25) is 0 Å². The molecule has 0 spiro atoms. The Morgan fingerprint density at radius 2 is 1.76 bits per heavy atom. The van der Waals surface area contributed by atoms with Crippen LogP contribution < -0.4 is 5.32 Å². The van der Waals surface area contributed by atoms with Crippen LogP contribution >= 0.6 is 11.3 Å². The molecule has 1 amide bonds. The van der Waals surface area contributed by atoms with Crippen LogP contribution in [-0.4, -0.2) is 5.91 Å². The van der Waals surface area contributed by atoms with Crippen molar-refractivity contribution < 1.29 is 4.79 Å². The lowest BCUT2D eigenvalue weighted by molar-refractivity contribution is 0.103. The van der Waals surface area contributed by atoms with Gasteiger partial charge in [0, 0.05) is 10.6 Å². The third-order valence-electron chi connectivity index (χ3n) is 2.70. The first-order valence-electron chi connectivity index (χ1n) is 5.51. The fourth-order valence-electron chi connectivity index (χ4n) is 1.51. The summed E-state index contributed by atoms with van der Waals surface area (Å²) in [5.41, 5.74) is 3.19. The standard InChI is InChI=1S/C14H15NOS/c1-9-4-6-12(7-5-9)15-14(16)13-8-10(2)11(3)17-13/h4-8H,1-3H3,(H,15,16). The van der Waals surface area contributed by atoms with E-state index < -0.39 is 0 Å². The molecule has 1 aromatic heterocycles. The van der Waals surface area contributed by atoms with Gasteiger partial charge in [0.15, 0.2) is 0 Å². The normalized spacial score (nSPS) is 10.3. The zero-order chi connectivity index (χ0) is 12.4. The Balaban J connectivity index is 2.14. The van der Waals surface area contributed by atoms with Crippen LogP contribution in [0.15, 0.2) is 30.3 Å². The molecule has 3 heteroatoms. The second kappa shape index (κ2) is 4.72. The predicted octanol–water partition coefficient (Wildman–Crippen LogP) is 3.93. The van der Waals surface area contributed by atoms with Gasteiger partial charge in [-0.05, 0) is 44.5 Å². The van der Waals surface area contributed by atoms with E-state index in [1.807, 2.05) is 51.1 Å². The van der Waals surface area contributed by atoms with Gasteiger partial charge in [-0.1, -0.05) is 17.7 Å². The SMILES string of the molecule is Cc1ccc(NC(=O)c2cc(C)c(C)s2)cc1. The average Bonchev–Trinajstić information content (AvgIpc) is 2.63. The summed E-state index contributed by atoms with van der Waals surface area (Å²) in [6, 6.07) is 9.74. The van der Waals surface area contributed by atoms with Crippen LogP contribution in [0.4, 0.5) is 5.69 Å². The Labute approximate surface area is 105 Å². The highest BCUT2D eigenvalue weighted by molar-refractivity contribution is 7.14.